The highest BCUT2D eigenvalue weighted by molar-refractivity contribution is 6.06. The molecule has 8 nitrogen and oxygen atoms in total. The van der Waals surface area contributed by atoms with Crippen LogP contribution in [-0.2, 0) is 22.7 Å². The van der Waals surface area contributed by atoms with Crippen molar-refractivity contribution < 1.29 is 23.9 Å². The van der Waals surface area contributed by atoms with Crippen LogP contribution in [0.4, 0.5) is 0 Å². The highest BCUT2D eigenvalue weighted by atomic mass is 16.5. The van der Waals surface area contributed by atoms with E-state index in [0.29, 0.717) is 29.7 Å². The topological polar surface area (TPSA) is 105 Å². The Hall–Kier alpha value is -4.20. The van der Waals surface area contributed by atoms with Gasteiger partial charge in [0.2, 0.25) is 11.8 Å². The quantitative estimate of drug-likeness (QED) is 0.573. The molecule has 2 aliphatic heterocycles. The molecule has 0 spiro atoms. The van der Waals surface area contributed by atoms with Crippen molar-refractivity contribution in [1.29, 1.82) is 0 Å². The van der Waals surface area contributed by atoms with Gasteiger partial charge in [0, 0.05) is 30.6 Å². The molecule has 0 radical (unpaired) electrons. The van der Waals surface area contributed by atoms with Crippen LogP contribution in [0.2, 0.25) is 0 Å². The molecule has 2 aliphatic rings. The number of fused-ring (bicyclic) bond motifs is 2. The van der Waals surface area contributed by atoms with Gasteiger partial charge in [0.1, 0.15) is 11.8 Å². The molecule has 1 fully saturated rings. The summed E-state index contributed by atoms with van der Waals surface area (Å²) >= 11 is 0. The summed E-state index contributed by atoms with van der Waals surface area (Å²) in [6, 6.07) is 16.1. The molecule has 3 aromatic rings. The third-order valence-corrected chi connectivity index (χ3v) is 6.35. The first-order valence-electron chi connectivity index (χ1n) is 11.1. The zero-order valence-corrected chi connectivity index (χ0v) is 18.6. The number of carbonyl (C=O) groups excluding carboxylic acids is 4. The van der Waals surface area contributed by atoms with E-state index in [0.717, 1.165) is 22.1 Å². The summed E-state index contributed by atoms with van der Waals surface area (Å²) < 4.78 is 5.26. The number of carbonyl (C=O) groups is 4. The monoisotopic (exact) mass is 457 g/mol. The minimum Gasteiger partial charge on any atom is -0.497 e. The molecular formula is C26H23N3O5. The zero-order valence-electron chi connectivity index (χ0n) is 18.6. The van der Waals surface area contributed by atoms with Crippen molar-refractivity contribution in [3.8, 4) is 5.75 Å². The Labute approximate surface area is 195 Å². The zero-order chi connectivity index (χ0) is 23.8. The van der Waals surface area contributed by atoms with Gasteiger partial charge in [-0.3, -0.25) is 24.5 Å². The van der Waals surface area contributed by atoms with E-state index >= 15 is 0 Å². The Bertz CT molecular complexity index is 1350. The molecular weight excluding hydrogens is 434 g/mol. The average Bonchev–Trinajstić information content (AvgIpc) is 3.17. The van der Waals surface area contributed by atoms with Crippen molar-refractivity contribution in [2.24, 2.45) is 0 Å². The summed E-state index contributed by atoms with van der Waals surface area (Å²) in [6.45, 7) is 0.592. The number of nitrogens with zero attached hydrogens (tertiary/aromatic N) is 1. The second-order valence-corrected chi connectivity index (χ2v) is 8.50. The molecule has 3 aromatic carbocycles. The van der Waals surface area contributed by atoms with Gasteiger partial charge < -0.3 is 15.0 Å². The van der Waals surface area contributed by atoms with Crippen molar-refractivity contribution in [1.82, 2.24) is 15.5 Å². The molecule has 1 unspecified atom stereocenters. The van der Waals surface area contributed by atoms with E-state index in [1.165, 1.54) is 4.90 Å². The molecule has 2 N–H and O–H groups in total. The molecule has 172 valence electrons. The number of piperidine rings is 1. The van der Waals surface area contributed by atoms with Crippen LogP contribution < -0.4 is 15.4 Å². The van der Waals surface area contributed by atoms with Crippen LogP contribution in [-0.4, -0.2) is 41.7 Å². The van der Waals surface area contributed by atoms with E-state index in [9.17, 15) is 19.2 Å². The van der Waals surface area contributed by atoms with Gasteiger partial charge in [0.25, 0.3) is 11.8 Å². The van der Waals surface area contributed by atoms with Crippen LogP contribution >= 0.6 is 0 Å². The van der Waals surface area contributed by atoms with Crippen molar-refractivity contribution in [2.75, 3.05) is 7.11 Å². The van der Waals surface area contributed by atoms with E-state index in [1.54, 1.807) is 25.3 Å². The number of amides is 4. The summed E-state index contributed by atoms with van der Waals surface area (Å²) in [5.41, 5.74) is 2.58. The van der Waals surface area contributed by atoms with Gasteiger partial charge in [0.15, 0.2) is 0 Å². The summed E-state index contributed by atoms with van der Waals surface area (Å²) in [5, 5.41) is 7.32. The summed E-state index contributed by atoms with van der Waals surface area (Å²) in [5.74, 6) is -0.492. The van der Waals surface area contributed by atoms with E-state index in [2.05, 4.69) is 10.6 Å². The van der Waals surface area contributed by atoms with Gasteiger partial charge >= 0.3 is 0 Å². The Morgan fingerprint density at radius 1 is 1.06 bits per heavy atom. The standard InChI is InChI=1S/C26H23N3O5/c1-34-20-6-4-16-10-15(2-3-17(16)12-20)13-27-24(31)18-5-7-21-19(11-18)14-29(26(21)33)22-8-9-23(30)28-25(22)32/h2-7,10-12,22H,8-9,13-14H2,1H3,(H,27,31)(H,28,30,32). The molecule has 2 heterocycles. The maximum Gasteiger partial charge on any atom is 0.255 e. The third-order valence-electron chi connectivity index (χ3n) is 6.35. The fourth-order valence-electron chi connectivity index (χ4n) is 4.51. The minimum absolute atomic E-state index is 0.201. The number of rotatable bonds is 5. The molecule has 4 amide bonds. The predicted molar refractivity (Wildman–Crippen MR) is 124 cm³/mol. The fraction of sp³-hybridized carbons (Fsp3) is 0.231. The van der Waals surface area contributed by atoms with E-state index in [-0.39, 0.29) is 30.7 Å². The summed E-state index contributed by atoms with van der Waals surface area (Å²) in [7, 11) is 1.63. The first-order valence-corrected chi connectivity index (χ1v) is 11.1. The van der Waals surface area contributed by atoms with E-state index in [1.807, 2.05) is 36.4 Å². The number of methoxy groups -OCH3 is 1. The molecule has 0 bridgehead atoms. The van der Waals surface area contributed by atoms with Gasteiger partial charge in [-0.1, -0.05) is 18.2 Å². The van der Waals surface area contributed by atoms with Crippen LogP contribution in [0.3, 0.4) is 0 Å². The van der Waals surface area contributed by atoms with E-state index < -0.39 is 11.9 Å². The largest absolute Gasteiger partial charge is 0.497 e. The Kier molecular flexibility index (Phi) is 5.49. The summed E-state index contributed by atoms with van der Waals surface area (Å²) in [4.78, 5) is 50.7. The number of benzene rings is 3. The first kappa shape index (κ1) is 21.6. The highest BCUT2D eigenvalue weighted by Crippen LogP contribution is 2.28. The number of imide groups is 1. The molecule has 0 saturated carbocycles. The maximum atomic E-state index is 12.8. The van der Waals surface area contributed by atoms with Crippen molar-refractivity contribution in [2.45, 2.75) is 32.0 Å². The molecule has 34 heavy (non-hydrogen) atoms. The minimum atomic E-state index is -0.678. The molecule has 0 aliphatic carbocycles. The number of nitrogens with one attached hydrogen (secondary N) is 2. The van der Waals surface area contributed by atoms with Crippen LogP contribution in [0, 0.1) is 0 Å². The lowest BCUT2D eigenvalue weighted by Gasteiger charge is -2.29. The predicted octanol–water partition coefficient (Wildman–Crippen LogP) is 2.54. The molecule has 0 aromatic heterocycles. The van der Waals surface area contributed by atoms with Gasteiger partial charge in [-0.25, -0.2) is 0 Å². The van der Waals surface area contributed by atoms with E-state index in [4.69, 9.17) is 4.74 Å². The maximum absolute atomic E-state index is 12.8. The van der Waals surface area contributed by atoms with Crippen LogP contribution in [0.5, 0.6) is 5.75 Å². The molecule has 8 heteroatoms. The van der Waals surface area contributed by atoms with Gasteiger partial charge in [-0.15, -0.1) is 0 Å². The first-order chi connectivity index (χ1) is 16.4. The fourth-order valence-corrected chi connectivity index (χ4v) is 4.51. The van der Waals surface area contributed by atoms with Crippen LogP contribution in [0.15, 0.2) is 54.6 Å². The lowest BCUT2D eigenvalue weighted by molar-refractivity contribution is -0.136. The van der Waals surface area contributed by atoms with Crippen molar-refractivity contribution in [3.63, 3.8) is 0 Å². The summed E-state index contributed by atoms with van der Waals surface area (Å²) in [6.07, 6.45) is 0.503. The second kappa shape index (κ2) is 8.62. The van der Waals surface area contributed by atoms with Crippen LogP contribution in [0.25, 0.3) is 10.8 Å². The normalized spacial score (nSPS) is 17.5. The van der Waals surface area contributed by atoms with Crippen LogP contribution in [0.1, 0.15) is 44.7 Å². The lowest BCUT2D eigenvalue weighted by atomic mass is 10.0. The Morgan fingerprint density at radius 3 is 2.65 bits per heavy atom. The molecule has 1 saturated heterocycles. The molecule has 5 rings (SSSR count). The third kappa shape index (κ3) is 3.98. The number of hydrogen-bond acceptors (Lipinski definition) is 5. The Balaban J connectivity index is 1.27. The SMILES string of the molecule is COc1ccc2cc(CNC(=O)c3ccc4c(c3)CN(C3CCC(=O)NC3=O)C4=O)ccc2c1. The van der Waals surface area contributed by atoms with Gasteiger partial charge in [0.05, 0.1) is 7.11 Å². The lowest BCUT2D eigenvalue weighted by Crippen LogP contribution is -2.52. The van der Waals surface area contributed by atoms with Gasteiger partial charge in [-0.2, -0.15) is 0 Å². The second-order valence-electron chi connectivity index (χ2n) is 8.50. The van der Waals surface area contributed by atoms with Crippen molar-refractivity contribution >= 4 is 34.4 Å². The van der Waals surface area contributed by atoms with Crippen molar-refractivity contribution in [3.05, 3.63) is 76.9 Å². The Morgan fingerprint density at radius 2 is 1.85 bits per heavy atom. The average molecular weight is 457 g/mol. The number of hydrogen-bond donors (Lipinski definition) is 2. The molecule has 1 atom stereocenters. The number of ether oxygens (including phenoxy) is 1. The highest BCUT2D eigenvalue weighted by Gasteiger charge is 2.39. The smallest absolute Gasteiger partial charge is 0.255 e. The van der Waals surface area contributed by atoms with Gasteiger partial charge in [-0.05, 0) is 64.7 Å².